The molecule has 0 fully saturated rings. The molecule has 0 bridgehead atoms. The SMILES string of the molecule is O=C(NCCCCl)NCCc1ccccc1. The van der Waals surface area contributed by atoms with Gasteiger partial charge in [-0.2, -0.15) is 0 Å². The van der Waals surface area contributed by atoms with E-state index in [0.29, 0.717) is 19.0 Å². The van der Waals surface area contributed by atoms with Crippen molar-refractivity contribution < 1.29 is 4.79 Å². The van der Waals surface area contributed by atoms with Crippen molar-refractivity contribution in [2.75, 3.05) is 19.0 Å². The Morgan fingerprint density at radius 3 is 2.50 bits per heavy atom. The number of alkyl halides is 1. The molecule has 16 heavy (non-hydrogen) atoms. The lowest BCUT2D eigenvalue weighted by molar-refractivity contribution is 0.241. The summed E-state index contributed by atoms with van der Waals surface area (Å²) in [6, 6.07) is 9.95. The van der Waals surface area contributed by atoms with Crippen molar-refractivity contribution in [2.24, 2.45) is 0 Å². The Labute approximate surface area is 101 Å². The largest absolute Gasteiger partial charge is 0.338 e. The summed E-state index contributed by atoms with van der Waals surface area (Å²) in [5, 5.41) is 5.53. The van der Waals surface area contributed by atoms with E-state index in [9.17, 15) is 4.79 Å². The first-order chi connectivity index (χ1) is 7.83. The van der Waals surface area contributed by atoms with Crippen LogP contribution in [0.15, 0.2) is 30.3 Å². The topological polar surface area (TPSA) is 41.1 Å². The minimum Gasteiger partial charge on any atom is -0.338 e. The lowest BCUT2D eigenvalue weighted by Gasteiger charge is -2.06. The monoisotopic (exact) mass is 240 g/mol. The molecule has 4 heteroatoms. The van der Waals surface area contributed by atoms with Gasteiger partial charge in [0.15, 0.2) is 0 Å². The Bertz CT molecular complexity index is 303. The van der Waals surface area contributed by atoms with E-state index >= 15 is 0 Å². The predicted molar refractivity (Wildman–Crippen MR) is 66.9 cm³/mol. The highest BCUT2D eigenvalue weighted by Crippen LogP contribution is 1.97. The summed E-state index contributed by atoms with van der Waals surface area (Å²) < 4.78 is 0. The van der Waals surface area contributed by atoms with E-state index in [4.69, 9.17) is 11.6 Å². The summed E-state index contributed by atoms with van der Waals surface area (Å²) in [4.78, 5) is 11.2. The fraction of sp³-hybridized carbons (Fsp3) is 0.417. The van der Waals surface area contributed by atoms with Crippen LogP contribution in [0.4, 0.5) is 4.79 Å². The van der Waals surface area contributed by atoms with Gasteiger partial charge in [-0.15, -0.1) is 11.6 Å². The third kappa shape index (κ3) is 5.61. The van der Waals surface area contributed by atoms with E-state index in [-0.39, 0.29) is 6.03 Å². The number of urea groups is 1. The van der Waals surface area contributed by atoms with Gasteiger partial charge in [0.05, 0.1) is 0 Å². The Hall–Kier alpha value is -1.22. The molecule has 0 saturated heterocycles. The summed E-state index contributed by atoms with van der Waals surface area (Å²) in [6.07, 6.45) is 1.65. The number of halogens is 1. The zero-order valence-corrected chi connectivity index (χ0v) is 9.96. The first-order valence-corrected chi connectivity index (χ1v) is 5.98. The van der Waals surface area contributed by atoms with Crippen LogP contribution in [-0.2, 0) is 6.42 Å². The Kier molecular flexibility index (Phi) is 6.42. The van der Waals surface area contributed by atoms with Crippen LogP contribution in [0.5, 0.6) is 0 Å². The lowest BCUT2D eigenvalue weighted by Crippen LogP contribution is -2.37. The second kappa shape index (κ2) is 7.99. The van der Waals surface area contributed by atoms with Crippen LogP contribution in [0.1, 0.15) is 12.0 Å². The van der Waals surface area contributed by atoms with Crippen molar-refractivity contribution in [3.8, 4) is 0 Å². The third-order valence-electron chi connectivity index (χ3n) is 2.14. The second-order valence-electron chi connectivity index (χ2n) is 3.46. The Balaban J connectivity index is 2.09. The van der Waals surface area contributed by atoms with Gasteiger partial charge in [-0.3, -0.25) is 0 Å². The zero-order valence-electron chi connectivity index (χ0n) is 9.21. The molecule has 0 radical (unpaired) electrons. The van der Waals surface area contributed by atoms with Crippen LogP contribution >= 0.6 is 11.6 Å². The first kappa shape index (κ1) is 12.8. The van der Waals surface area contributed by atoms with E-state index in [1.807, 2.05) is 30.3 Å². The van der Waals surface area contributed by atoms with Crippen LogP contribution in [0, 0.1) is 0 Å². The van der Waals surface area contributed by atoms with Crippen LogP contribution in [0.25, 0.3) is 0 Å². The van der Waals surface area contributed by atoms with Crippen LogP contribution in [0.2, 0.25) is 0 Å². The summed E-state index contributed by atoms with van der Waals surface area (Å²) in [5.74, 6) is 0.574. The summed E-state index contributed by atoms with van der Waals surface area (Å²) in [5.41, 5.74) is 1.23. The minimum atomic E-state index is -0.124. The number of nitrogens with one attached hydrogen (secondary N) is 2. The van der Waals surface area contributed by atoms with Crippen molar-refractivity contribution >= 4 is 17.6 Å². The molecule has 0 aromatic heterocycles. The fourth-order valence-corrected chi connectivity index (χ4v) is 1.43. The molecular weight excluding hydrogens is 224 g/mol. The Morgan fingerprint density at radius 2 is 1.81 bits per heavy atom. The molecular formula is C12H17ClN2O. The molecule has 0 aliphatic heterocycles. The highest BCUT2D eigenvalue weighted by atomic mass is 35.5. The van der Waals surface area contributed by atoms with Gasteiger partial charge in [0.2, 0.25) is 0 Å². The van der Waals surface area contributed by atoms with Gasteiger partial charge in [0, 0.05) is 19.0 Å². The molecule has 0 saturated carbocycles. The van der Waals surface area contributed by atoms with Crippen LogP contribution < -0.4 is 10.6 Å². The number of benzene rings is 1. The summed E-state index contributed by atoms with van der Waals surface area (Å²) in [6.45, 7) is 1.28. The zero-order chi connectivity index (χ0) is 11.6. The number of hydrogen-bond donors (Lipinski definition) is 2. The molecule has 0 spiro atoms. The van der Waals surface area contributed by atoms with Gasteiger partial charge in [0.1, 0.15) is 0 Å². The molecule has 0 heterocycles. The average Bonchev–Trinajstić information content (AvgIpc) is 2.31. The van der Waals surface area contributed by atoms with Gasteiger partial charge in [-0.25, -0.2) is 4.79 Å². The molecule has 2 amide bonds. The quantitative estimate of drug-likeness (QED) is 0.581. The van der Waals surface area contributed by atoms with E-state index in [1.54, 1.807) is 0 Å². The first-order valence-electron chi connectivity index (χ1n) is 5.44. The highest BCUT2D eigenvalue weighted by molar-refractivity contribution is 6.17. The average molecular weight is 241 g/mol. The van der Waals surface area contributed by atoms with Crippen LogP contribution in [0.3, 0.4) is 0 Å². The van der Waals surface area contributed by atoms with Crippen molar-refractivity contribution in [1.82, 2.24) is 10.6 Å². The Morgan fingerprint density at radius 1 is 1.12 bits per heavy atom. The molecule has 88 valence electrons. The number of amides is 2. The normalized spacial score (nSPS) is 9.81. The predicted octanol–water partition coefficient (Wildman–Crippen LogP) is 2.16. The highest BCUT2D eigenvalue weighted by Gasteiger charge is 1.98. The van der Waals surface area contributed by atoms with E-state index < -0.39 is 0 Å². The van der Waals surface area contributed by atoms with Crippen LogP contribution in [-0.4, -0.2) is 25.0 Å². The second-order valence-corrected chi connectivity index (χ2v) is 3.84. The standard InChI is InChI=1S/C12H17ClN2O/c13-8-4-9-14-12(16)15-10-7-11-5-2-1-3-6-11/h1-3,5-6H,4,7-10H2,(H2,14,15,16). The van der Waals surface area contributed by atoms with E-state index in [0.717, 1.165) is 12.8 Å². The van der Waals surface area contributed by atoms with Crippen molar-refractivity contribution in [3.05, 3.63) is 35.9 Å². The maximum atomic E-state index is 11.2. The number of hydrogen-bond acceptors (Lipinski definition) is 1. The van der Waals surface area contributed by atoms with E-state index in [2.05, 4.69) is 10.6 Å². The molecule has 1 aromatic carbocycles. The minimum absolute atomic E-state index is 0.124. The van der Waals surface area contributed by atoms with Crippen molar-refractivity contribution in [3.63, 3.8) is 0 Å². The lowest BCUT2D eigenvalue weighted by atomic mass is 10.1. The van der Waals surface area contributed by atoms with Crippen molar-refractivity contribution in [1.29, 1.82) is 0 Å². The van der Waals surface area contributed by atoms with E-state index in [1.165, 1.54) is 5.56 Å². The molecule has 3 nitrogen and oxygen atoms in total. The number of rotatable bonds is 6. The summed E-state index contributed by atoms with van der Waals surface area (Å²) in [7, 11) is 0. The molecule has 0 unspecified atom stereocenters. The molecule has 1 rings (SSSR count). The molecule has 0 aliphatic rings. The fourth-order valence-electron chi connectivity index (χ4n) is 1.30. The summed E-state index contributed by atoms with van der Waals surface area (Å²) >= 11 is 5.50. The van der Waals surface area contributed by atoms with Gasteiger partial charge in [0.25, 0.3) is 0 Å². The molecule has 0 aliphatic carbocycles. The smallest absolute Gasteiger partial charge is 0.314 e. The number of carbonyl (C=O) groups is 1. The van der Waals surface area contributed by atoms with Gasteiger partial charge >= 0.3 is 6.03 Å². The van der Waals surface area contributed by atoms with Crippen molar-refractivity contribution in [2.45, 2.75) is 12.8 Å². The maximum Gasteiger partial charge on any atom is 0.314 e. The maximum absolute atomic E-state index is 11.2. The molecule has 1 aromatic rings. The molecule has 0 atom stereocenters. The van der Waals surface area contributed by atoms with Gasteiger partial charge in [-0.1, -0.05) is 30.3 Å². The van der Waals surface area contributed by atoms with Gasteiger partial charge < -0.3 is 10.6 Å². The third-order valence-corrected chi connectivity index (χ3v) is 2.41. The number of carbonyl (C=O) groups excluding carboxylic acids is 1. The molecule has 2 N–H and O–H groups in total. The van der Waals surface area contributed by atoms with Gasteiger partial charge in [-0.05, 0) is 18.4 Å².